The van der Waals surface area contributed by atoms with E-state index in [-0.39, 0.29) is 54.6 Å². The zero-order valence-corrected chi connectivity index (χ0v) is 9.23. The molecular weight excluding hydrogens is 225 g/mol. The number of carbonyl (C=O) groups is 1. The van der Waals surface area contributed by atoms with Crippen molar-refractivity contribution in [3.05, 3.63) is 0 Å². The Morgan fingerprint density at radius 2 is 1.82 bits per heavy atom. The van der Waals surface area contributed by atoms with Gasteiger partial charge in [-0.05, 0) is 6.92 Å². The van der Waals surface area contributed by atoms with Crippen LogP contribution in [0.4, 0.5) is 0 Å². The van der Waals surface area contributed by atoms with E-state index < -0.39 is 5.97 Å². The molecule has 0 saturated heterocycles. The van der Waals surface area contributed by atoms with E-state index in [4.69, 9.17) is 0 Å². The van der Waals surface area contributed by atoms with Gasteiger partial charge in [0, 0.05) is 5.92 Å². The fourth-order valence-corrected chi connectivity index (χ4v) is 0.173. The molecule has 0 radical (unpaired) electrons. The first kappa shape index (κ1) is 30.1. The summed E-state index contributed by atoms with van der Waals surface area (Å²) in [5, 5.41) is 0. The summed E-state index contributed by atoms with van der Waals surface area (Å²) in [5.41, 5.74) is 0. The molecule has 0 unspecified atom stereocenters. The Labute approximate surface area is 95.8 Å². The molecule has 0 aliphatic heterocycles. The Kier molecular flexibility index (Phi) is 61.3. The van der Waals surface area contributed by atoms with E-state index in [1.54, 1.807) is 12.8 Å². The zero-order valence-electron chi connectivity index (χ0n) is 5.81. The summed E-state index contributed by atoms with van der Waals surface area (Å²) >= 11 is 0. The van der Waals surface area contributed by atoms with Crippen LogP contribution in [0.1, 0.15) is 6.92 Å². The molecule has 6 heteroatoms. The first-order chi connectivity index (χ1) is 3.31. The van der Waals surface area contributed by atoms with Crippen LogP contribution in [0.15, 0.2) is 0 Å². The Bertz CT molecular complexity index is 113. The molecular formula is C5H6AlCl3O2. The van der Waals surface area contributed by atoms with Gasteiger partial charge in [-0.15, -0.1) is 6.42 Å². The summed E-state index contributed by atoms with van der Waals surface area (Å²) in [6.07, 6.45) is 4.63. The van der Waals surface area contributed by atoms with Crippen LogP contribution in [0, 0.1) is 12.3 Å². The van der Waals surface area contributed by atoms with Gasteiger partial charge in [-0.2, -0.15) is 0 Å². The van der Waals surface area contributed by atoms with Gasteiger partial charge in [0.05, 0.1) is 6.61 Å². The number of rotatable bonds is 1. The maximum Gasteiger partial charge on any atom is 3.00 e. The van der Waals surface area contributed by atoms with Gasteiger partial charge in [0.1, 0.15) is 0 Å². The fourth-order valence-electron chi connectivity index (χ4n) is 0.173. The van der Waals surface area contributed by atoms with Crippen molar-refractivity contribution in [2.75, 3.05) is 6.61 Å². The summed E-state index contributed by atoms with van der Waals surface area (Å²) in [7, 11) is 0. The second-order valence-electron chi connectivity index (χ2n) is 0.865. The van der Waals surface area contributed by atoms with Crippen LogP contribution in [-0.2, 0) is 9.53 Å². The molecule has 0 saturated carbocycles. The van der Waals surface area contributed by atoms with Crippen LogP contribution in [0.3, 0.4) is 0 Å². The van der Waals surface area contributed by atoms with Crippen molar-refractivity contribution in [1.82, 2.24) is 0 Å². The molecule has 0 atom stereocenters. The quantitative estimate of drug-likeness (QED) is 0.194. The Morgan fingerprint density at radius 3 is 1.91 bits per heavy atom. The maximum absolute atomic E-state index is 9.95. The van der Waals surface area contributed by atoms with Crippen LogP contribution in [0.2, 0.25) is 0 Å². The van der Waals surface area contributed by atoms with E-state index in [1.165, 1.54) is 0 Å². The standard InChI is InChI=1S/C5H6O2.Al.3ClH/c1-3-5(6)7-4-2;;;;/h1H,4H2,2H3;;3*1H/q;+3;;;/p-3. The van der Waals surface area contributed by atoms with Crippen molar-refractivity contribution in [3.63, 3.8) is 0 Å². The van der Waals surface area contributed by atoms with Crippen LogP contribution < -0.4 is 37.2 Å². The van der Waals surface area contributed by atoms with Gasteiger partial charge in [0.25, 0.3) is 0 Å². The zero-order chi connectivity index (χ0) is 5.70. The molecule has 0 aromatic heterocycles. The van der Waals surface area contributed by atoms with Crippen LogP contribution in [-0.4, -0.2) is 29.9 Å². The third kappa shape index (κ3) is 25.1. The van der Waals surface area contributed by atoms with E-state index in [1.807, 2.05) is 0 Å². The molecule has 0 heterocycles. The van der Waals surface area contributed by atoms with Crippen molar-refractivity contribution >= 4 is 23.3 Å². The third-order valence-electron chi connectivity index (χ3n) is 0.393. The molecule has 0 aliphatic rings. The molecule has 0 amide bonds. The summed E-state index contributed by atoms with van der Waals surface area (Å²) in [6.45, 7) is 2.05. The molecule has 0 aromatic carbocycles. The van der Waals surface area contributed by atoms with Gasteiger partial charge in [0.2, 0.25) is 0 Å². The summed E-state index contributed by atoms with van der Waals surface area (Å²) < 4.78 is 4.32. The first-order valence-electron chi connectivity index (χ1n) is 1.94. The largest absolute Gasteiger partial charge is 3.00 e. The topological polar surface area (TPSA) is 26.3 Å². The van der Waals surface area contributed by atoms with E-state index >= 15 is 0 Å². The van der Waals surface area contributed by atoms with Crippen LogP contribution >= 0.6 is 0 Å². The number of carbonyl (C=O) groups excluding carboxylic acids is 1. The SMILES string of the molecule is C#CC(=O)OCC.[Al+3].[Cl-].[Cl-].[Cl-]. The molecule has 11 heavy (non-hydrogen) atoms. The molecule has 0 aromatic rings. The van der Waals surface area contributed by atoms with Crippen molar-refractivity contribution in [2.24, 2.45) is 0 Å². The number of terminal acetylenes is 1. The maximum atomic E-state index is 9.95. The Hall–Kier alpha value is 0.432. The number of ether oxygens (including phenoxy) is 1. The molecule has 62 valence electrons. The number of esters is 1. The van der Waals surface area contributed by atoms with Crippen molar-refractivity contribution in [2.45, 2.75) is 6.92 Å². The summed E-state index contributed by atoms with van der Waals surface area (Å²) in [4.78, 5) is 9.95. The molecule has 0 spiro atoms. The molecule has 0 fully saturated rings. The van der Waals surface area contributed by atoms with E-state index in [0.717, 1.165) is 0 Å². The van der Waals surface area contributed by atoms with Crippen LogP contribution in [0.5, 0.6) is 0 Å². The van der Waals surface area contributed by atoms with Gasteiger partial charge in [-0.25, -0.2) is 4.79 Å². The normalized spacial score (nSPS) is 4.36. The van der Waals surface area contributed by atoms with Gasteiger partial charge < -0.3 is 42.0 Å². The van der Waals surface area contributed by atoms with E-state index in [0.29, 0.717) is 6.61 Å². The summed E-state index contributed by atoms with van der Waals surface area (Å²) in [6, 6.07) is 0. The number of halogens is 3. The Morgan fingerprint density at radius 1 is 1.45 bits per heavy atom. The van der Waals surface area contributed by atoms with Crippen molar-refractivity contribution in [3.8, 4) is 12.3 Å². The molecule has 0 rings (SSSR count). The van der Waals surface area contributed by atoms with E-state index in [2.05, 4.69) is 11.2 Å². The minimum atomic E-state index is -0.595. The smallest absolute Gasteiger partial charge is 1.00 e. The fraction of sp³-hybridized carbons (Fsp3) is 0.400. The number of hydrogen-bond donors (Lipinski definition) is 0. The Balaban J connectivity index is -0.0000000300. The monoisotopic (exact) mass is 230 g/mol. The van der Waals surface area contributed by atoms with Crippen molar-refractivity contribution < 1.29 is 46.8 Å². The van der Waals surface area contributed by atoms with Gasteiger partial charge in [0.15, 0.2) is 0 Å². The predicted molar refractivity (Wildman–Crippen MR) is 31.2 cm³/mol. The first-order valence-corrected chi connectivity index (χ1v) is 1.94. The second kappa shape index (κ2) is 22.4. The minimum absolute atomic E-state index is 0. The minimum Gasteiger partial charge on any atom is -1.00 e. The van der Waals surface area contributed by atoms with E-state index in [9.17, 15) is 4.79 Å². The third-order valence-corrected chi connectivity index (χ3v) is 0.393. The molecule has 0 bridgehead atoms. The van der Waals surface area contributed by atoms with Gasteiger partial charge >= 0.3 is 23.3 Å². The average molecular weight is 231 g/mol. The number of hydrogen-bond acceptors (Lipinski definition) is 2. The van der Waals surface area contributed by atoms with Crippen molar-refractivity contribution in [1.29, 1.82) is 0 Å². The van der Waals surface area contributed by atoms with Gasteiger partial charge in [-0.3, -0.25) is 0 Å². The molecule has 0 N–H and O–H groups in total. The predicted octanol–water partition coefficient (Wildman–Crippen LogP) is -9.19. The summed E-state index contributed by atoms with van der Waals surface area (Å²) in [5.74, 6) is 1.21. The molecule has 2 nitrogen and oxygen atoms in total. The molecule has 0 aliphatic carbocycles. The average Bonchev–Trinajstić information content (AvgIpc) is 1.68. The second-order valence-corrected chi connectivity index (χ2v) is 0.865. The van der Waals surface area contributed by atoms with Gasteiger partial charge in [-0.1, -0.05) is 0 Å². The van der Waals surface area contributed by atoms with Crippen LogP contribution in [0.25, 0.3) is 0 Å².